The molecule has 1 aromatic heterocycles. The lowest BCUT2D eigenvalue weighted by Crippen LogP contribution is -2.19. The van der Waals surface area contributed by atoms with Crippen LogP contribution in [0.5, 0.6) is 5.75 Å². The van der Waals surface area contributed by atoms with Crippen LogP contribution in [0.3, 0.4) is 0 Å². The van der Waals surface area contributed by atoms with E-state index in [0.29, 0.717) is 18.4 Å². The molecule has 5 nitrogen and oxygen atoms in total. The van der Waals surface area contributed by atoms with Crippen molar-refractivity contribution in [2.45, 2.75) is 32.4 Å². The predicted octanol–water partition coefficient (Wildman–Crippen LogP) is 3.95. The third kappa shape index (κ3) is 4.11. The van der Waals surface area contributed by atoms with E-state index in [1.54, 1.807) is 0 Å². The van der Waals surface area contributed by atoms with Crippen LogP contribution in [-0.2, 0) is 13.2 Å². The van der Waals surface area contributed by atoms with E-state index in [9.17, 15) is 0 Å². The molecule has 1 aliphatic heterocycles. The van der Waals surface area contributed by atoms with Crippen molar-refractivity contribution >= 4 is 0 Å². The van der Waals surface area contributed by atoms with Crippen LogP contribution in [0.1, 0.15) is 35.2 Å². The largest absolute Gasteiger partial charge is 0.489 e. The van der Waals surface area contributed by atoms with E-state index in [1.165, 1.54) is 11.1 Å². The van der Waals surface area contributed by atoms with Gasteiger partial charge in [-0.05, 0) is 36.2 Å². The first-order chi connectivity index (χ1) is 12.8. The molecule has 0 bridgehead atoms. The molecule has 134 valence electrons. The molecule has 3 aromatic rings. The zero-order valence-electron chi connectivity index (χ0n) is 15.0. The molecule has 1 aliphatic rings. The molecule has 1 fully saturated rings. The van der Waals surface area contributed by atoms with Crippen molar-refractivity contribution in [3.63, 3.8) is 0 Å². The molecule has 0 radical (unpaired) electrons. The highest BCUT2D eigenvalue weighted by atomic mass is 16.5. The molecule has 0 spiro atoms. The molecule has 4 rings (SSSR count). The Balaban J connectivity index is 1.29. The van der Waals surface area contributed by atoms with Crippen molar-refractivity contribution in [3.8, 4) is 5.75 Å². The second-order valence-corrected chi connectivity index (χ2v) is 6.81. The first-order valence-corrected chi connectivity index (χ1v) is 9.04. The SMILES string of the molecule is Cc1nc(C2CCN(Cc3ccc(OCc4ccccc4)cc3)C2)no1. The Morgan fingerprint density at radius 3 is 2.62 bits per heavy atom. The minimum Gasteiger partial charge on any atom is -0.489 e. The quantitative estimate of drug-likeness (QED) is 0.674. The summed E-state index contributed by atoms with van der Waals surface area (Å²) in [6.45, 7) is 5.41. The molecular weight excluding hydrogens is 326 g/mol. The van der Waals surface area contributed by atoms with Gasteiger partial charge in [0.05, 0.1) is 0 Å². The van der Waals surface area contributed by atoms with Gasteiger partial charge in [-0.2, -0.15) is 4.98 Å². The highest BCUT2D eigenvalue weighted by Gasteiger charge is 2.27. The number of ether oxygens (including phenoxy) is 1. The highest BCUT2D eigenvalue weighted by Crippen LogP contribution is 2.26. The zero-order chi connectivity index (χ0) is 17.8. The van der Waals surface area contributed by atoms with Crippen molar-refractivity contribution in [1.29, 1.82) is 0 Å². The molecule has 0 amide bonds. The summed E-state index contributed by atoms with van der Waals surface area (Å²) in [5.41, 5.74) is 2.47. The van der Waals surface area contributed by atoms with Gasteiger partial charge in [-0.1, -0.05) is 47.6 Å². The Labute approximate surface area is 153 Å². The molecule has 0 saturated carbocycles. The fourth-order valence-electron chi connectivity index (χ4n) is 3.36. The van der Waals surface area contributed by atoms with Crippen LogP contribution in [0.15, 0.2) is 59.1 Å². The van der Waals surface area contributed by atoms with Crippen LogP contribution >= 0.6 is 0 Å². The van der Waals surface area contributed by atoms with Gasteiger partial charge >= 0.3 is 0 Å². The summed E-state index contributed by atoms with van der Waals surface area (Å²) < 4.78 is 11.0. The first-order valence-electron chi connectivity index (χ1n) is 9.04. The number of benzene rings is 2. The number of hydrogen-bond acceptors (Lipinski definition) is 5. The monoisotopic (exact) mass is 349 g/mol. The maximum atomic E-state index is 5.85. The van der Waals surface area contributed by atoms with Crippen molar-refractivity contribution in [2.75, 3.05) is 13.1 Å². The Morgan fingerprint density at radius 2 is 1.88 bits per heavy atom. The Bertz CT molecular complexity index is 830. The Morgan fingerprint density at radius 1 is 1.08 bits per heavy atom. The maximum absolute atomic E-state index is 5.85. The van der Waals surface area contributed by atoms with Gasteiger partial charge in [-0.3, -0.25) is 4.90 Å². The zero-order valence-corrected chi connectivity index (χ0v) is 15.0. The van der Waals surface area contributed by atoms with Gasteiger partial charge in [0.1, 0.15) is 12.4 Å². The molecule has 1 unspecified atom stereocenters. The number of nitrogens with zero attached hydrogens (tertiary/aromatic N) is 3. The van der Waals surface area contributed by atoms with E-state index in [4.69, 9.17) is 9.26 Å². The average molecular weight is 349 g/mol. The molecule has 0 N–H and O–H groups in total. The summed E-state index contributed by atoms with van der Waals surface area (Å²) in [6, 6.07) is 18.6. The van der Waals surface area contributed by atoms with Crippen molar-refractivity contribution in [1.82, 2.24) is 15.0 Å². The highest BCUT2D eigenvalue weighted by molar-refractivity contribution is 5.28. The first kappa shape index (κ1) is 16.8. The number of aromatic nitrogens is 2. The molecular formula is C21H23N3O2. The number of hydrogen-bond donors (Lipinski definition) is 0. The standard InChI is InChI=1S/C21H23N3O2/c1-16-22-21(23-26-16)19-11-12-24(14-19)13-17-7-9-20(10-8-17)25-15-18-5-3-2-4-6-18/h2-10,19H,11-15H2,1H3. The molecule has 26 heavy (non-hydrogen) atoms. The van der Waals surface area contributed by atoms with Crippen molar-refractivity contribution < 1.29 is 9.26 Å². The second-order valence-electron chi connectivity index (χ2n) is 6.81. The Kier molecular flexibility index (Phi) is 4.97. The lowest BCUT2D eigenvalue weighted by atomic mass is 10.1. The van der Waals surface area contributed by atoms with Gasteiger partial charge in [-0.25, -0.2) is 0 Å². The number of aryl methyl sites for hydroxylation is 1. The van der Waals surface area contributed by atoms with E-state index in [2.05, 4.69) is 39.3 Å². The molecule has 0 aliphatic carbocycles. The minimum atomic E-state index is 0.376. The minimum absolute atomic E-state index is 0.376. The molecule has 2 heterocycles. The van der Waals surface area contributed by atoms with Gasteiger partial charge in [-0.15, -0.1) is 0 Å². The summed E-state index contributed by atoms with van der Waals surface area (Å²) in [5.74, 6) is 2.76. The lowest BCUT2D eigenvalue weighted by molar-refractivity contribution is 0.305. The van der Waals surface area contributed by atoms with E-state index < -0.39 is 0 Å². The average Bonchev–Trinajstić information content (AvgIpc) is 3.31. The van der Waals surface area contributed by atoms with Gasteiger partial charge in [0.15, 0.2) is 5.82 Å². The predicted molar refractivity (Wildman–Crippen MR) is 98.9 cm³/mol. The second kappa shape index (κ2) is 7.70. The van der Waals surface area contributed by atoms with Crippen LogP contribution in [0.4, 0.5) is 0 Å². The summed E-state index contributed by atoms with van der Waals surface area (Å²) in [7, 11) is 0. The van der Waals surface area contributed by atoms with Crippen LogP contribution in [-0.4, -0.2) is 28.1 Å². The van der Waals surface area contributed by atoms with Gasteiger partial charge in [0, 0.05) is 25.9 Å². The van der Waals surface area contributed by atoms with Crippen LogP contribution < -0.4 is 4.74 Å². The third-order valence-electron chi connectivity index (χ3n) is 4.76. The summed E-state index contributed by atoms with van der Waals surface area (Å²) in [5, 5.41) is 4.07. The van der Waals surface area contributed by atoms with E-state index in [1.807, 2.05) is 37.3 Å². The molecule has 1 saturated heterocycles. The van der Waals surface area contributed by atoms with Crippen LogP contribution in [0, 0.1) is 6.92 Å². The fraction of sp³-hybridized carbons (Fsp3) is 0.333. The summed E-state index contributed by atoms with van der Waals surface area (Å²) in [4.78, 5) is 6.81. The van der Waals surface area contributed by atoms with Gasteiger partial charge in [0.25, 0.3) is 0 Å². The summed E-state index contributed by atoms with van der Waals surface area (Å²) >= 11 is 0. The van der Waals surface area contributed by atoms with Gasteiger partial charge < -0.3 is 9.26 Å². The fourth-order valence-corrected chi connectivity index (χ4v) is 3.36. The topological polar surface area (TPSA) is 51.4 Å². The Hall–Kier alpha value is -2.66. The van der Waals surface area contributed by atoms with Gasteiger partial charge in [0.2, 0.25) is 5.89 Å². The lowest BCUT2D eigenvalue weighted by Gasteiger charge is -2.15. The molecule has 2 aromatic carbocycles. The van der Waals surface area contributed by atoms with E-state index in [0.717, 1.165) is 37.6 Å². The number of rotatable bonds is 6. The van der Waals surface area contributed by atoms with E-state index in [-0.39, 0.29) is 0 Å². The maximum Gasteiger partial charge on any atom is 0.223 e. The smallest absolute Gasteiger partial charge is 0.223 e. The molecule has 5 heteroatoms. The normalized spacial score (nSPS) is 17.5. The third-order valence-corrected chi connectivity index (χ3v) is 4.76. The molecule has 1 atom stereocenters. The van der Waals surface area contributed by atoms with Crippen molar-refractivity contribution in [3.05, 3.63) is 77.4 Å². The van der Waals surface area contributed by atoms with Crippen LogP contribution in [0.2, 0.25) is 0 Å². The van der Waals surface area contributed by atoms with Crippen molar-refractivity contribution in [2.24, 2.45) is 0 Å². The number of likely N-dealkylation sites (tertiary alicyclic amines) is 1. The van der Waals surface area contributed by atoms with Crippen LogP contribution in [0.25, 0.3) is 0 Å². The summed E-state index contributed by atoms with van der Waals surface area (Å²) in [6.07, 6.45) is 1.08. The van der Waals surface area contributed by atoms with E-state index >= 15 is 0 Å².